The lowest BCUT2D eigenvalue weighted by Crippen LogP contribution is -2.40. The fraction of sp³-hybridized carbons (Fsp3) is 0.667. The van der Waals surface area contributed by atoms with Crippen molar-refractivity contribution in [3.63, 3.8) is 0 Å². The summed E-state index contributed by atoms with van der Waals surface area (Å²) in [6.45, 7) is 6.92. The summed E-state index contributed by atoms with van der Waals surface area (Å²) in [6, 6.07) is 1.94. The first kappa shape index (κ1) is 13.3. The van der Waals surface area contributed by atoms with Crippen LogP contribution in [0.25, 0.3) is 0 Å². The molecule has 3 nitrogen and oxygen atoms in total. The predicted molar refractivity (Wildman–Crippen MR) is 71.5 cm³/mol. The largest absolute Gasteiger partial charge is 0.492 e. The lowest BCUT2D eigenvalue weighted by Gasteiger charge is -2.42. The van der Waals surface area contributed by atoms with Crippen LogP contribution in [-0.4, -0.2) is 16.7 Å². The van der Waals surface area contributed by atoms with Crippen molar-refractivity contribution in [2.75, 3.05) is 6.61 Å². The van der Waals surface area contributed by atoms with Crippen molar-refractivity contribution in [3.05, 3.63) is 24.0 Å². The molecule has 18 heavy (non-hydrogen) atoms. The van der Waals surface area contributed by atoms with Gasteiger partial charge in [-0.1, -0.05) is 20.3 Å². The zero-order chi connectivity index (χ0) is 13.2. The van der Waals surface area contributed by atoms with Gasteiger partial charge in [0.15, 0.2) is 0 Å². The average Bonchev–Trinajstić information content (AvgIpc) is 2.37. The Kier molecular flexibility index (Phi) is 3.91. The van der Waals surface area contributed by atoms with Crippen LogP contribution >= 0.6 is 0 Å². The number of aliphatic hydroxyl groups is 1. The van der Waals surface area contributed by atoms with E-state index >= 15 is 0 Å². The second-order valence-electron chi connectivity index (χ2n) is 5.42. The molecule has 0 spiro atoms. The maximum atomic E-state index is 11.0. The Morgan fingerprint density at radius 1 is 1.44 bits per heavy atom. The first-order chi connectivity index (χ1) is 8.58. The van der Waals surface area contributed by atoms with Gasteiger partial charge in [0.1, 0.15) is 5.75 Å². The molecule has 1 heterocycles. The standard InChI is InChI=1S/C15H23NO2/c1-4-18-14-8-13(9-16-10-14)15(17)7-5-6-11(2)12(15)3/h8-12,17H,4-7H2,1-3H3. The Morgan fingerprint density at radius 2 is 2.22 bits per heavy atom. The summed E-state index contributed by atoms with van der Waals surface area (Å²) in [7, 11) is 0. The van der Waals surface area contributed by atoms with E-state index in [-0.39, 0.29) is 5.92 Å². The van der Waals surface area contributed by atoms with Gasteiger partial charge in [0.2, 0.25) is 0 Å². The van der Waals surface area contributed by atoms with Crippen LogP contribution in [0.15, 0.2) is 18.5 Å². The van der Waals surface area contributed by atoms with Crippen molar-refractivity contribution in [1.29, 1.82) is 0 Å². The zero-order valence-corrected chi connectivity index (χ0v) is 11.5. The number of aromatic nitrogens is 1. The Labute approximate surface area is 109 Å². The molecule has 100 valence electrons. The minimum atomic E-state index is -0.752. The van der Waals surface area contributed by atoms with Crippen LogP contribution < -0.4 is 4.74 Å². The molecule has 1 saturated carbocycles. The molecule has 0 saturated heterocycles. The highest BCUT2D eigenvalue weighted by Gasteiger charge is 2.41. The van der Waals surface area contributed by atoms with Gasteiger partial charge in [-0.3, -0.25) is 4.98 Å². The molecule has 1 aliphatic rings. The quantitative estimate of drug-likeness (QED) is 0.895. The zero-order valence-electron chi connectivity index (χ0n) is 11.5. The highest BCUT2D eigenvalue weighted by atomic mass is 16.5. The van der Waals surface area contributed by atoms with Crippen LogP contribution in [0.5, 0.6) is 5.75 Å². The SMILES string of the molecule is CCOc1cncc(C2(O)CCCC(C)C2C)c1. The molecule has 0 amide bonds. The van der Waals surface area contributed by atoms with Crippen LogP contribution in [0, 0.1) is 11.8 Å². The molecule has 1 aliphatic carbocycles. The topological polar surface area (TPSA) is 42.4 Å². The summed E-state index contributed by atoms with van der Waals surface area (Å²) >= 11 is 0. The van der Waals surface area contributed by atoms with Gasteiger partial charge < -0.3 is 9.84 Å². The van der Waals surface area contributed by atoms with E-state index < -0.39 is 5.60 Å². The van der Waals surface area contributed by atoms with Crippen molar-refractivity contribution >= 4 is 0 Å². The maximum Gasteiger partial charge on any atom is 0.137 e. The lowest BCUT2D eigenvalue weighted by molar-refractivity contribution is -0.0692. The fourth-order valence-electron chi connectivity index (χ4n) is 2.95. The van der Waals surface area contributed by atoms with Gasteiger partial charge in [-0.15, -0.1) is 0 Å². The molecule has 3 atom stereocenters. The second kappa shape index (κ2) is 5.27. The van der Waals surface area contributed by atoms with Crippen LogP contribution in [0.2, 0.25) is 0 Å². The molecular weight excluding hydrogens is 226 g/mol. The molecule has 0 aliphatic heterocycles. The van der Waals surface area contributed by atoms with Gasteiger partial charge in [-0.05, 0) is 37.7 Å². The Bertz CT molecular complexity index is 407. The van der Waals surface area contributed by atoms with E-state index in [1.165, 1.54) is 6.42 Å². The summed E-state index contributed by atoms with van der Waals surface area (Å²) in [6.07, 6.45) is 6.56. The van der Waals surface area contributed by atoms with Gasteiger partial charge in [0.05, 0.1) is 18.4 Å². The summed E-state index contributed by atoms with van der Waals surface area (Å²) < 4.78 is 5.47. The normalized spacial score (nSPS) is 32.2. The van der Waals surface area contributed by atoms with E-state index in [0.717, 1.165) is 24.2 Å². The summed E-state index contributed by atoms with van der Waals surface area (Å²) in [5.74, 6) is 1.54. The molecule has 1 fully saturated rings. The monoisotopic (exact) mass is 249 g/mol. The van der Waals surface area contributed by atoms with Crippen molar-refractivity contribution in [2.24, 2.45) is 11.8 Å². The van der Waals surface area contributed by atoms with Gasteiger partial charge in [0, 0.05) is 11.8 Å². The van der Waals surface area contributed by atoms with Crippen LogP contribution in [0.3, 0.4) is 0 Å². The van der Waals surface area contributed by atoms with Gasteiger partial charge in [0.25, 0.3) is 0 Å². The number of rotatable bonds is 3. The number of hydrogen-bond acceptors (Lipinski definition) is 3. The molecule has 1 N–H and O–H groups in total. The summed E-state index contributed by atoms with van der Waals surface area (Å²) in [4.78, 5) is 4.20. The molecule has 0 aromatic carbocycles. The molecule has 0 radical (unpaired) electrons. The molecule has 3 unspecified atom stereocenters. The number of pyridine rings is 1. The fourth-order valence-corrected chi connectivity index (χ4v) is 2.95. The van der Waals surface area contributed by atoms with Crippen molar-refractivity contribution in [2.45, 2.75) is 45.6 Å². The highest BCUT2D eigenvalue weighted by Crippen LogP contribution is 2.44. The first-order valence-corrected chi connectivity index (χ1v) is 6.88. The Balaban J connectivity index is 2.30. The van der Waals surface area contributed by atoms with Crippen LogP contribution in [0.4, 0.5) is 0 Å². The lowest BCUT2D eigenvalue weighted by atomic mass is 9.68. The molecule has 1 aromatic heterocycles. The molecule has 0 bridgehead atoms. The Hall–Kier alpha value is -1.09. The highest BCUT2D eigenvalue weighted by molar-refractivity contribution is 5.29. The summed E-state index contributed by atoms with van der Waals surface area (Å²) in [5.41, 5.74) is 0.144. The third-order valence-corrected chi connectivity index (χ3v) is 4.35. The number of nitrogens with zero attached hydrogens (tertiary/aromatic N) is 1. The van der Waals surface area contributed by atoms with E-state index in [1.807, 2.05) is 13.0 Å². The van der Waals surface area contributed by atoms with Gasteiger partial charge >= 0.3 is 0 Å². The predicted octanol–water partition coefficient (Wildman–Crippen LogP) is 3.12. The van der Waals surface area contributed by atoms with Crippen LogP contribution in [0.1, 0.15) is 45.6 Å². The maximum absolute atomic E-state index is 11.0. The van der Waals surface area contributed by atoms with E-state index in [2.05, 4.69) is 18.8 Å². The van der Waals surface area contributed by atoms with E-state index in [0.29, 0.717) is 12.5 Å². The summed E-state index contributed by atoms with van der Waals surface area (Å²) in [5, 5.41) is 11.0. The third-order valence-electron chi connectivity index (χ3n) is 4.35. The molecule has 2 rings (SSSR count). The minimum Gasteiger partial charge on any atom is -0.492 e. The molecule has 3 heteroatoms. The van der Waals surface area contributed by atoms with Gasteiger partial charge in [-0.25, -0.2) is 0 Å². The van der Waals surface area contributed by atoms with Crippen molar-refractivity contribution in [3.8, 4) is 5.75 Å². The van der Waals surface area contributed by atoms with Gasteiger partial charge in [-0.2, -0.15) is 0 Å². The first-order valence-electron chi connectivity index (χ1n) is 6.88. The van der Waals surface area contributed by atoms with Crippen molar-refractivity contribution < 1.29 is 9.84 Å². The second-order valence-corrected chi connectivity index (χ2v) is 5.42. The number of ether oxygens (including phenoxy) is 1. The minimum absolute atomic E-state index is 0.255. The third kappa shape index (κ3) is 2.37. The smallest absolute Gasteiger partial charge is 0.137 e. The number of hydrogen-bond donors (Lipinski definition) is 1. The van der Waals surface area contributed by atoms with E-state index in [1.54, 1.807) is 12.4 Å². The van der Waals surface area contributed by atoms with E-state index in [9.17, 15) is 5.11 Å². The van der Waals surface area contributed by atoms with E-state index in [4.69, 9.17) is 4.74 Å². The molecule has 1 aromatic rings. The molecular formula is C15H23NO2. The Morgan fingerprint density at radius 3 is 2.94 bits per heavy atom. The average molecular weight is 249 g/mol. The van der Waals surface area contributed by atoms with Crippen LogP contribution in [-0.2, 0) is 5.60 Å². The van der Waals surface area contributed by atoms with Crippen molar-refractivity contribution in [1.82, 2.24) is 4.98 Å².